The SMILES string of the molecule is Cc1cc(-n2nc3c(c2-n2ccn(-c4ccc5c(ccn5CCN5CCOCC5)c4F)c2=O)[C@@H]2CC[C@H](C3)N2C(=O)c2cc3cc([C@H]4CCOC(C)(C)C4)ccc3n2[C@@]2(c3noc(=O)[nH]3)C[C@@H]2C)cc(C)c1F. The molecular formula is C55H58F2N10O6. The summed E-state index contributed by atoms with van der Waals surface area (Å²) in [6.07, 6.45) is 9.12. The summed E-state index contributed by atoms with van der Waals surface area (Å²) in [5, 5.41) is 10.7. The van der Waals surface area contributed by atoms with Crippen LogP contribution in [0.4, 0.5) is 8.78 Å². The van der Waals surface area contributed by atoms with Crippen molar-refractivity contribution in [1.82, 2.24) is 48.0 Å². The summed E-state index contributed by atoms with van der Waals surface area (Å²) >= 11 is 0. The Hall–Kier alpha value is -6.89. The van der Waals surface area contributed by atoms with Crippen molar-refractivity contribution in [3.8, 4) is 17.2 Å². The largest absolute Gasteiger partial charge is 0.438 e. The highest BCUT2D eigenvalue weighted by Crippen LogP contribution is 2.57. The van der Waals surface area contributed by atoms with Crippen LogP contribution in [0.2, 0.25) is 0 Å². The van der Waals surface area contributed by atoms with E-state index >= 15 is 18.4 Å². The molecule has 13 rings (SSSR count). The van der Waals surface area contributed by atoms with Gasteiger partial charge in [0.2, 0.25) is 0 Å². The van der Waals surface area contributed by atoms with Crippen molar-refractivity contribution >= 4 is 27.7 Å². The number of amides is 1. The Labute approximate surface area is 418 Å². The number of rotatable bonds is 10. The van der Waals surface area contributed by atoms with Gasteiger partial charge < -0.3 is 23.5 Å². The van der Waals surface area contributed by atoms with Gasteiger partial charge in [-0.15, -0.1) is 0 Å². The number of hydrogen-bond acceptors (Lipinski definition) is 9. The molecule has 0 spiro atoms. The molecule has 3 saturated heterocycles. The van der Waals surface area contributed by atoms with Gasteiger partial charge >= 0.3 is 11.4 Å². The zero-order chi connectivity index (χ0) is 50.2. The van der Waals surface area contributed by atoms with Crippen LogP contribution in [0.5, 0.6) is 0 Å². The fourth-order valence-corrected chi connectivity index (χ4v) is 13.0. The predicted octanol–water partition coefficient (Wildman–Crippen LogP) is 7.98. The minimum Gasteiger partial charge on any atom is -0.379 e. The summed E-state index contributed by atoms with van der Waals surface area (Å²) in [6, 6.07) is 16.3. The van der Waals surface area contributed by atoms with Crippen LogP contribution < -0.4 is 11.4 Å². The highest BCUT2D eigenvalue weighted by Gasteiger charge is 2.60. The number of fused-ring (bicyclic) bond motifs is 6. The summed E-state index contributed by atoms with van der Waals surface area (Å²) < 4.78 is 57.4. The van der Waals surface area contributed by atoms with Crippen LogP contribution in [0.1, 0.15) is 109 Å². The van der Waals surface area contributed by atoms with Gasteiger partial charge in [-0.05, 0) is 137 Å². The molecule has 3 aromatic carbocycles. The second-order valence-electron chi connectivity index (χ2n) is 21.7. The number of H-pyrrole nitrogens is 1. The summed E-state index contributed by atoms with van der Waals surface area (Å²) in [5.41, 5.74) is 4.47. The zero-order valence-electron chi connectivity index (χ0n) is 41.7. The first-order chi connectivity index (χ1) is 35.2. The molecular weight excluding hydrogens is 935 g/mol. The van der Waals surface area contributed by atoms with E-state index in [2.05, 4.69) is 58.6 Å². The quantitative estimate of drug-likeness (QED) is 0.144. The molecule has 9 heterocycles. The van der Waals surface area contributed by atoms with E-state index in [-0.39, 0.29) is 40.9 Å². The second-order valence-corrected chi connectivity index (χ2v) is 21.7. The van der Waals surface area contributed by atoms with Crippen LogP contribution in [0.25, 0.3) is 39.0 Å². The minimum atomic E-state index is -0.852. The third-order valence-corrected chi connectivity index (χ3v) is 16.8. The fraction of sp³-hybridized carbons (Fsp3) is 0.436. The number of nitrogens with one attached hydrogen (secondary N) is 1. The van der Waals surface area contributed by atoms with E-state index in [4.69, 9.17) is 19.1 Å². The number of aryl methyl sites for hydroxylation is 2. The molecule has 1 saturated carbocycles. The Bertz CT molecular complexity index is 3640. The Kier molecular flexibility index (Phi) is 10.6. The maximum Gasteiger partial charge on any atom is 0.438 e. The first kappa shape index (κ1) is 45.9. The second kappa shape index (κ2) is 16.8. The van der Waals surface area contributed by atoms with Crippen molar-refractivity contribution < 1.29 is 27.6 Å². The number of aromatic nitrogens is 8. The predicted molar refractivity (Wildman–Crippen MR) is 268 cm³/mol. The van der Waals surface area contributed by atoms with Crippen LogP contribution in [0, 0.1) is 31.4 Å². The average molecular weight is 993 g/mol. The number of ether oxygens (including phenoxy) is 2. The van der Waals surface area contributed by atoms with Crippen molar-refractivity contribution in [2.75, 3.05) is 39.5 Å². The van der Waals surface area contributed by atoms with E-state index < -0.39 is 28.8 Å². The van der Waals surface area contributed by atoms with Crippen LogP contribution >= 0.6 is 0 Å². The lowest BCUT2D eigenvalue weighted by Gasteiger charge is -2.36. The number of aromatic amines is 1. The summed E-state index contributed by atoms with van der Waals surface area (Å²) in [4.78, 5) is 50.6. The van der Waals surface area contributed by atoms with Gasteiger partial charge in [0.1, 0.15) is 22.9 Å². The number of benzene rings is 3. The monoisotopic (exact) mass is 992 g/mol. The van der Waals surface area contributed by atoms with Gasteiger partial charge in [0.05, 0.1) is 47.4 Å². The molecule has 378 valence electrons. The van der Waals surface area contributed by atoms with Crippen molar-refractivity contribution in [3.05, 3.63) is 145 Å². The van der Waals surface area contributed by atoms with E-state index in [1.165, 1.54) is 14.7 Å². The van der Waals surface area contributed by atoms with E-state index in [0.29, 0.717) is 97.1 Å². The van der Waals surface area contributed by atoms with Crippen LogP contribution in [0.3, 0.4) is 0 Å². The van der Waals surface area contributed by atoms with E-state index in [1.807, 2.05) is 27.8 Å². The van der Waals surface area contributed by atoms with Gasteiger partial charge in [-0.1, -0.05) is 18.1 Å². The van der Waals surface area contributed by atoms with E-state index in [0.717, 1.165) is 54.6 Å². The Morgan fingerprint density at radius 3 is 2.37 bits per heavy atom. The van der Waals surface area contributed by atoms with Crippen molar-refractivity contribution in [1.29, 1.82) is 0 Å². The molecule has 4 fully saturated rings. The maximum atomic E-state index is 16.8. The molecule has 0 unspecified atom stereocenters. The molecule has 1 amide bonds. The lowest BCUT2D eigenvalue weighted by atomic mass is 9.83. The lowest BCUT2D eigenvalue weighted by molar-refractivity contribution is -0.0592. The van der Waals surface area contributed by atoms with E-state index in [1.54, 1.807) is 55.2 Å². The Balaban J connectivity index is 0.923. The summed E-state index contributed by atoms with van der Waals surface area (Å²) in [6.45, 7) is 15.0. The number of carbonyl (C=O) groups is 1. The fourth-order valence-electron chi connectivity index (χ4n) is 13.0. The Morgan fingerprint density at radius 2 is 1.63 bits per heavy atom. The molecule has 16 nitrogen and oxygen atoms in total. The molecule has 5 aromatic heterocycles. The van der Waals surface area contributed by atoms with Crippen LogP contribution in [-0.2, 0) is 28.0 Å². The van der Waals surface area contributed by atoms with Gasteiger partial charge in [0.25, 0.3) is 5.91 Å². The average Bonchev–Trinajstić information content (AvgIpc) is 4.11. The third kappa shape index (κ3) is 7.25. The number of halogens is 2. The molecule has 1 N–H and O–H groups in total. The standard InChI is InChI=1S/C55H58F2N10O6/c1-31-24-38(25-32(2)47(31)56)67-49(64-18-17-63(53(64)70)44-11-10-42-39(48(44)57)12-14-62(42)16-15-61-19-22-71-23-20-61)46-40(59-67)28-37-7-9-43(46)65(37)50(68)45-27-36-26-34(35-13-21-72-54(4,5)30-35)6-8-41(36)66(45)55(29-33(55)3)51-58-52(69)73-60-51/h6,8,10-12,14,17-18,24-27,33,35,37,43H,7,9,13,15-16,19-23,28-30H2,1-5H3,(H,58,60,69)/t33-,35-,37+,43-,55-/m0/s1. The first-order valence-electron chi connectivity index (χ1n) is 25.6. The smallest absolute Gasteiger partial charge is 0.379 e. The number of carbonyl (C=O) groups excluding carboxylic acids is 1. The normalized spacial score (nSPS) is 23.7. The molecule has 1 aliphatic carbocycles. The molecule has 18 heteroatoms. The van der Waals surface area contributed by atoms with Crippen LogP contribution in [-0.4, -0.2) is 105 Å². The molecule has 8 aromatic rings. The first-order valence-corrected chi connectivity index (χ1v) is 25.6. The van der Waals surface area contributed by atoms with Crippen molar-refractivity contribution in [3.63, 3.8) is 0 Å². The van der Waals surface area contributed by atoms with Crippen molar-refractivity contribution in [2.45, 2.75) is 109 Å². The zero-order valence-corrected chi connectivity index (χ0v) is 41.7. The molecule has 5 atom stereocenters. The van der Waals surface area contributed by atoms with Crippen molar-refractivity contribution in [2.24, 2.45) is 5.92 Å². The van der Waals surface area contributed by atoms with Gasteiger partial charge in [0, 0.05) is 85.7 Å². The Morgan fingerprint density at radius 1 is 0.863 bits per heavy atom. The molecule has 4 aliphatic heterocycles. The molecule has 5 aliphatic rings. The van der Waals surface area contributed by atoms with Gasteiger partial charge in [-0.2, -0.15) is 5.10 Å². The number of imidazole rings is 1. The summed E-state index contributed by atoms with van der Waals surface area (Å²) in [7, 11) is 0. The topological polar surface area (TPSA) is 156 Å². The molecule has 2 bridgehead atoms. The van der Waals surface area contributed by atoms with Gasteiger partial charge in [-0.25, -0.2) is 23.1 Å². The third-order valence-electron chi connectivity index (χ3n) is 16.8. The lowest BCUT2D eigenvalue weighted by Crippen LogP contribution is -2.43. The molecule has 73 heavy (non-hydrogen) atoms. The number of hydrogen-bond donors (Lipinski definition) is 1. The maximum absolute atomic E-state index is 16.8. The molecule has 0 radical (unpaired) electrons. The highest BCUT2D eigenvalue weighted by atomic mass is 19.1. The van der Waals surface area contributed by atoms with Gasteiger partial charge in [-0.3, -0.25) is 28.3 Å². The van der Waals surface area contributed by atoms with E-state index in [9.17, 15) is 4.79 Å². The number of nitrogens with zero attached hydrogens (tertiary/aromatic N) is 9. The van der Waals surface area contributed by atoms with Crippen LogP contribution in [0.15, 0.2) is 87.3 Å². The minimum absolute atomic E-state index is 0.00485. The summed E-state index contributed by atoms with van der Waals surface area (Å²) in [5.74, 6) is -0.672. The number of morpholine rings is 1. The van der Waals surface area contributed by atoms with Gasteiger partial charge in [0.15, 0.2) is 11.6 Å². The highest BCUT2D eigenvalue weighted by molar-refractivity contribution is 6.00.